The zero-order valence-corrected chi connectivity index (χ0v) is 18.5. The number of benzene rings is 1. The van der Waals surface area contributed by atoms with Crippen molar-refractivity contribution in [2.75, 3.05) is 26.2 Å². The van der Waals surface area contributed by atoms with Crippen molar-refractivity contribution in [1.29, 1.82) is 0 Å². The summed E-state index contributed by atoms with van der Waals surface area (Å²) < 4.78 is 5.64. The number of nitrogens with one attached hydrogen (secondary N) is 1. The van der Waals surface area contributed by atoms with Crippen LogP contribution in [0.2, 0.25) is 0 Å². The Morgan fingerprint density at radius 2 is 2.12 bits per heavy atom. The van der Waals surface area contributed by atoms with Gasteiger partial charge in [-0.1, -0.05) is 36.4 Å². The van der Waals surface area contributed by atoms with Gasteiger partial charge in [0, 0.05) is 44.2 Å². The minimum atomic E-state index is -0.701. The highest BCUT2D eigenvalue weighted by atomic mass is 16.5. The number of pyridine rings is 1. The molecule has 168 valence electrons. The fraction of sp³-hybridized carbons (Fsp3) is 0.423. The topological polar surface area (TPSA) is 71.5 Å². The van der Waals surface area contributed by atoms with Gasteiger partial charge in [-0.2, -0.15) is 0 Å². The summed E-state index contributed by atoms with van der Waals surface area (Å²) in [6, 6.07) is 12.1. The van der Waals surface area contributed by atoms with Gasteiger partial charge >= 0.3 is 0 Å². The van der Waals surface area contributed by atoms with Crippen LogP contribution in [0.1, 0.15) is 31.2 Å². The molecule has 0 spiro atoms. The molecule has 2 saturated heterocycles. The number of carbonyl (C=O) groups excluding carboxylic acids is 2. The summed E-state index contributed by atoms with van der Waals surface area (Å²) >= 11 is 0. The highest BCUT2D eigenvalue weighted by Gasteiger charge is 2.45. The average Bonchev–Trinajstić information content (AvgIpc) is 3.38. The summed E-state index contributed by atoms with van der Waals surface area (Å²) in [5, 5.41) is 3.01. The van der Waals surface area contributed by atoms with Crippen molar-refractivity contribution in [1.82, 2.24) is 15.2 Å². The molecule has 0 unspecified atom stereocenters. The van der Waals surface area contributed by atoms with Crippen molar-refractivity contribution in [3.05, 3.63) is 67.0 Å². The fourth-order valence-electron chi connectivity index (χ4n) is 4.90. The van der Waals surface area contributed by atoms with E-state index in [0.29, 0.717) is 32.7 Å². The number of carbonyl (C=O) groups is 2. The van der Waals surface area contributed by atoms with E-state index in [1.165, 1.54) is 0 Å². The third kappa shape index (κ3) is 4.75. The quantitative estimate of drug-likeness (QED) is 0.680. The first kappa shape index (κ1) is 22.2. The number of piperidine rings is 1. The second kappa shape index (κ2) is 10.1. The van der Waals surface area contributed by atoms with Crippen LogP contribution in [-0.2, 0) is 20.7 Å². The van der Waals surface area contributed by atoms with E-state index in [1.54, 1.807) is 12.3 Å². The molecule has 0 bridgehead atoms. The molecule has 6 nitrogen and oxygen atoms in total. The molecule has 2 fully saturated rings. The highest BCUT2D eigenvalue weighted by Crippen LogP contribution is 2.37. The minimum absolute atomic E-state index is 0.0173. The predicted molar refractivity (Wildman–Crippen MR) is 124 cm³/mol. The Balaban J connectivity index is 1.65. The Morgan fingerprint density at radius 3 is 2.88 bits per heavy atom. The van der Waals surface area contributed by atoms with Gasteiger partial charge in [0.1, 0.15) is 6.10 Å². The number of amides is 2. The number of rotatable bonds is 7. The van der Waals surface area contributed by atoms with Crippen molar-refractivity contribution < 1.29 is 14.3 Å². The number of hydrogen-bond acceptors (Lipinski definition) is 4. The Morgan fingerprint density at radius 1 is 1.25 bits per heavy atom. The smallest absolute Gasteiger partial charge is 0.251 e. The van der Waals surface area contributed by atoms with Crippen molar-refractivity contribution in [3.63, 3.8) is 0 Å². The van der Waals surface area contributed by atoms with Gasteiger partial charge in [-0.3, -0.25) is 14.6 Å². The molecule has 0 saturated carbocycles. The predicted octanol–water partition coefficient (Wildman–Crippen LogP) is 3.38. The molecule has 6 heteroatoms. The van der Waals surface area contributed by atoms with Crippen molar-refractivity contribution in [3.8, 4) is 11.1 Å². The summed E-state index contributed by atoms with van der Waals surface area (Å²) in [7, 11) is 0. The molecule has 4 rings (SSSR count). The van der Waals surface area contributed by atoms with Crippen LogP contribution < -0.4 is 5.32 Å². The molecule has 0 aliphatic carbocycles. The number of likely N-dealkylation sites (tertiary alicyclic amines) is 1. The lowest BCUT2D eigenvalue weighted by Gasteiger charge is -2.42. The van der Waals surface area contributed by atoms with Crippen LogP contribution in [-0.4, -0.2) is 54.0 Å². The monoisotopic (exact) mass is 433 g/mol. The standard InChI is InChI=1S/C26H31N3O3/c1-2-13-28-25(31)26(12-7-15-29(19-26)24(30)23-11-6-16-32-23)17-20-8-3-4-10-22(20)21-9-5-14-27-18-21/h2-5,8-10,14,18,23H,1,6-7,11-13,15-17,19H2,(H,28,31)/t23-,26-/m1/s1. The molecule has 1 aromatic heterocycles. The van der Waals surface area contributed by atoms with Crippen LogP contribution in [0.25, 0.3) is 11.1 Å². The molecule has 1 aromatic carbocycles. The Labute approximate surface area is 189 Å². The van der Waals surface area contributed by atoms with Crippen molar-refractivity contribution in [2.24, 2.45) is 5.41 Å². The van der Waals surface area contributed by atoms with Gasteiger partial charge in [0.15, 0.2) is 0 Å². The molecule has 2 aliphatic rings. The van der Waals surface area contributed by atoms with Crippen LogP contribution in [0.5, 0.6) is 0 Å². The van der Waals surface area contributed by atoms with E-state index in [1.807, 2.05) is 35.4 Å². The summed E-state index contributed by atoms with van der Waals surface area (Å²) in [5.74, 6) is -0.00753. The molecular formula is C26H31N3O3. The molecule has 2 amide bonds. The second-order valence-electron chi connectivity index (χ2n) is 8.72. The summed E-state index contributed by atoms with van der Waals surface area (Å²) in [6.07, 6.45) is 8.65. The Kier molecular flexibility index (Phi) is 7.00. The van der Waals surface area contributed by atoms with E-state index in [2.05, 4.69) is 29.0 Å². The first-order valence-electron chi connectivity index (χ1n) is 11.4. The minimum Gasteiger partial charge on any atom is -0.368 e. The zero-order valence-electron chi connectivity index (χ0n) is 18.5. The summed E-state index contributed by atoms with van der Waals surface area (Å²) in [4.78, 5) is 32.7. The first-order valence-corrected chi connectivity index (χ1v) is 11.4. The third-order valence-corrected chi connectivity index (χ3v) is 6.50. The van der Waals surface area contributed by atoms with E-state index in [0.717, 1.165) is 42.4 Å². The molecule has 2 atom stereocenters. The maximum Gasteiger partial charge on any atom is 0.251 e. The maximum absolute atomic E-state index is 13.5. The van der Waals surface area contributed by atoms with Crippen LogP contribution >= 0.6 is 0 Å². The SMILES string of the molecule is C=CCNC(=O)[C@@]1(Cc2ccccc2-c2cccnc2)CCCN(C(=O)[C@H]2CCCO2)C1. The number of ether oxygens (including phenoxy) is 1. The molecule has 0 radical (unpaired) electrons. The highest BCUT2D eigenvalue weighted by molar-refractivity contribution is 5.86. The first-order chi connectivity index (χ1) is 15.6. The zero-order chi connectivity index (χ0) is 22.4. The third-order valence-electron chi connectivity index (χ3n) is 6.50. The van der Waals surface area contributed by atoms with Gasteiger partial charge in [-0.05, 0) is 49.3 Å². The van der Waals surface area contributed by atoms with Crippen molar-refractivity contribution in [2.45, 2.75) is 38.2 Å². The van der Waals surface area contributed by atoms with E-state index < -0.39 is 5.41 Å². The van der Waals surface area contributed by atoms with E-state index in [9.17, 15) is 9.59 Å². The van der Waals surface area contributed by atoms with Gasteiger partial charge < -0.3 is 15.0 Å². The number of nitrogens with zero attached hydrogens (tertiary/aromatic N) is 2. The van der Waals surface area contributed by atoms with Crippen LogP contribution in [0.3, 0.4) is 0 Å². The number of aromatic nitrogens is 1. The fourth-order valence-corrected chi connectivity index (χ4v) is 4.90. The molecule has 2 aromatic rings. The largest absolute Gasteiger partial charge is 0.368 e. The van der Waals surface area contributed by atoms with Gasteiger partial charge in [0.05, 0.1) is 5.41 Å². The van der Waals surface area contributed by atoms with Gasteiger partial charge in [-0.25, -0.2) is 0 Å². The van der Waals surface area contributed by atoms with Crippen LogP contribution in [0, 0.1) is 5.41 Å². The normalized spacial score (nSPS) is 23.0. The summed E-state index contributed by atoms with van der Waals surface area (Å²) in [6.45, 7) is 5.84. The Bertz CT molecular complexity index is 956. The maximum atomic E-state index is 13.5. The van der Waals surface area contributed by atoms with Gasteiger partial charge in [-0.15, -0.1) is 6.58 Å². The van der Waals surface area contributed by atoms with E-state index >= 15 is 0 Å². The Hall–Kier alpha value is -2.99. The van der Waals surface area contributed by atoms with E-state index in [4.69, 9.17) is 4.74 Å². The van der Waals surface area contributed by atoms with Crippen LogP contribution in [0.4, 0.5) is 0 Å². The molecule has 3 heterocycles. The molecule has 2 aliphatic heterocycles. The van der Waals surface area contributed by atoms with Crippen LogP contribution in [0.15, 0.2) is 61.4 Å². The van der Waals surface area contributed by atoms with E-state index in [-0.39, 0.29) is 17.9 Å². The number of hydrogen-bond donors (Lipinski definition) is 1. The second-order valence-corrected chi connectivity index (χ2v) is 8.72. The lowest BCUT2D eigenvalue weighted by atomic mass is 9.73. The summed E-state index contributed by atoms with van der Waals surface area (Å²) in [5.41, 5.74) is 2.47. The van der Waals surface area contributed by atoms with Crippen molar-refractivity contribution >= 4 is 11.8 Å². The lowest BCUT2D eigenvalue weighted by Crippen LogP contribution is -2.56. The lowest BCUT2D eigenvalue weighted by molar-refractivity contribution is -0.148. The molecule has 32 heavy (non-hydrogen) atoms. The average molecular weight is 434 g/mol. The molecule has 1 N–H and O–H groups in total. The molecular weight excluding hydrogens is 402 g/mol. The van der Waals surface area contributed by atoms with Gasteiger partial charge in [0.25, 0.3) is 5.91 Å². The van der Waals surface area contributed by atoms with Gasteiger partial charge in [0.2, 0.25) is 5.91 Å².